The molecule has 7 heteroatoms. The van der Waals surface area contributed by atoms with Crippen molar-refractivity contribution in [1.82, 2.24) is 15.1 Å². The van der Waals surface area contributed by atoms with Gasteiger partial charge < -0.3 is 5.32 Å². The number of aromatic nitrogens is 2. The third-order valence-electron chi connectivity index (χ3n) is 2.93. The van der Waals surface area contributed by atoms with Gasteiger partial charge in [0.1, 0.15) is 0 Å². The zero-order valence-electron chi connectivity index (χ0n) is 11.9. The molecule has 2 aromatic rings. The quantitative estimate of drug-likeness (QED) is 0.897. The van der Waals surface area contributed by atoms with Gasteiger partial charge in [0.15, 0.2) is 9.84 Å². The van der Waals surface area contributed by atoms with Crippen LogP contribution in [0.15, 0.2) is 47.6 Å². The molecule has 1 aromatic heterocycles. The van der Waals surface area contributed by atoms with Crippen LogP contribution in [0.1, 0.15) is 17.3 Å². The average Bonchev–Trinajstić information content (AvgIpc) is 2.90. The predicted octanol–water partition coefficient (Wildman–Crippen LogP) is 1.11. The molecule has 0 unspecified atom stereocenters. The molecule has 112 valence electrons. The normalized spacial score (nSPS) is 12.9. The van der Waals surface area contributed by atoms with Gasteiger partial charge in [-0.05, 0) is 25.1 Å². The van der Waals surface area contributed by atoms with Crippen LogP contribution >= 0.6 is 0 Å². The fraction of sp³-hybridized carbons (Fsp3) is 0.286. The average molecular weight is 307 g/mol. The first-order chi connectivity index (χ1) is 9.88. The van der Waals surface area contributed by atoms with Crippen molar-refractivity contribution in [3.8, 4) is 0 Å². The third-order valence-corrected chi connectivity index (χ3v) is 4.08. The summed E-state index contributed by atoms with van der Waals surface area (Å²) in [6.45, 7) is 2.35. The Morgan fingerprint density at radius 1 is 1.33 bits per heavy atom. The van der Waals surface area contributed by atoms with E-state index in [1.165, 1.54) is 12.1 Å². The molecule has 0 saturated heterocycles. The minimum atomic E-state index is -3.44. The molecule has 0 fully saturated rings. The van der Waals surface area contributed by atoms with Crippen molar-refractivity contribution < 1.29 is 13.2 Å². The molecule has 0 aliphatic heterocycles. The van der Waals surface area contributed by atoms with Gasteiger partial charge in [0.25, 0.3) is 5.91 Å². The number of hydrogen-bond acceptors (Lipinski definition) is 4. The lowest BCUT2D eigenvalue weighted by Gasteiger charge is -2.15. The molecular weight excluding hydrogens is 290 g/mol. The number of amides is 1. The van der Waals surface area contributed by atoms with Crippen LogP contribution in [0, 0.1) is 0 Å². The summed E-state index contributed by atoms with van der Waals surface area (Å²) in [6.07, 6.45) is 4.55. The van der Waals surface area contributed by atoms with Crippen LogP contribution in [0.2, 0.25) is 0 Å². The Morgan fingerprint density at radius 2 is 2.05 bits per heavy atom. The van der Waals surface area contributed by atoms with Crippen LogP contribution in [0.5, 0.6) is 0 Å². The molecule has 1 atom stereocenters. The Balaban J connectivity index is 2.14. The Hall–Kier alpha value is -2.15. The number of nitrogens with zero attached hydrogens (tertiary/aromatic N) is 2. The summed E-state index contributed by atoms with van der Waals surface area (Å²) in [7, 11) is -3.44. The lowest BCUT2D eigenvalue weighted by Crippen LogP contribution is -2.36. The fourth-order valence-corrected chi connectivity index (χ4v) is 2.90. The summed E-state index contributed by atoms with van der Waals surface area (Å²) in [6, 6.07) is 7.80. The second-order valence-corrected chi connectivity index (χ2v) is 6.86. The highest BCUT2D eigenvalue weighted by Crippen LogP contribution is 2.15. The van der Waals surface area contributed by atoms with E-state index in [0.717, 1.165) is 6.26 Å². The molecule has 0 aliphatic rings. The number of sulfone groups is 1. The predicted molar refractivity (Wildman–Crippen MR) is 78.7 cm³/mol. The van der Waals surface area contributed by atoms with Gasteiger partial charge in [0.05, 0.1) is 17.0 Å². The number of nitrogens with one attached hydrogen (secondary N) is 1. The molecule has 0 spiro atoms. The van der Waals surface area contributed by atoms with Crippen LogP contribution < -0.4 is 5.32 Å². The Bertz CT molecular complexity index is 724. The molecule has 0 radical (unpaired) electrons. The number of rotatable bonds is 5. The Kier molecular flexibility index (Phi) is 4.42. The molecule has 1 heterocycles. The summed E-state index contributed by atoms with van der Waals surface area (Å²) in [4.78, 5) is 12.3. The molecule has 1 aromatic carbocycles. The van der Waals surface area contributed by atoms with E-state index >= 15 is 0 Å². The standard InChI is InChI=1S/C14H17N3O3S/c1-11(10-17-9-5-8-15-17)16-14(18)12-6-3-4-7-13(12)21(2,19)20/h3-9,11H,10H2,1-2H3,(H,16,18)/t11-/m0/s1. The van der Waals surface area contributed by atoms with Gasteiger partial charge in [-0.2, -0.15) is 5.10 Å². The van der Waals surface area contributed by atoms with E-state index < -0.39 is 15.7 Å². The molecule has 0 aliphatic carbocycles. The molecule has 21 heavy (non-hydrogen) atoms. The van der Waals surface area contributed by atoms with Gasteiger partial charge in [-0.3, -0.25) is 9.48 Å². The monoisotopic (exact) mass is 307 g/mol. The van der Waals surface area contributed by atoms with Crippen LogP contribution in [0.3, 0.4) is 0 Å². The number of carbonyl (C=O) groups excluding carboxylic acids is 1. The van der Waals surface area contributed by atoms with Gasteiger partial charge in [0, 0.05) is 24.7 Å². The van der Waals surface area contributed by atoms with Crippen LogP contribution in [0.25, 0.3) is 0 Å². The van der Waals surface area contributed by atoms with E-state index in [0.29, 0.717) is 6.54 Å². The summed E-state index contributed by atoms with van der Waals surface area (Å²) in [5.74, 6) is -0.407. The highest BCUT2D eigenvalue weighted by atomic mass is 32.2. The third kappa shape index (κ3) is 3.91. The summed E-state index contributed by atoms with van der Waals surface area (Å²) in [5, 5.41) is 6.85. The van der Waals surface area contributed by atoms with Gasteiger partial charge in [-0.25, -0.2) is 8.42 Å². The maximum Gasteiger partial charge on any atom is 0.252 e. The zero-order chi connectivity index (χ0) is 15.5. The summed E-state index contributed by atoms with van der Waals surface area (Å²) >= 11 is 0. The zero-order valence-corrected chi connectivity index (χ0v) is 12.7. The van der Waals surface area contributed by atoms with E-state index in [4.69, 9.17) is 0 Å². The van der Waals surface area contributed by atoms with Crippen LogP contribution in [-0.2, 0) is 16.4 Å². The SMILES string of the molecule is C[C@@H](Cn1cccn1)NC(=O)c1ccccc1S(C)(=O)=O. The van der Waals surface area contributed by atoms with Crippen LogP contribution in [-0.4, -0.2) is 36.4 Å². The number of hydrogen-bond donors (Lipinski definition) is 1. The van der Waals surface area contributed by atoms with E-state index in [1.807, 2.05) is 6.92 Å². The second kappa shape index (κ2) is 6.09. The Labute approximate surface area is 123 Å². The van der Waals surface area contributed by atoms with Gasteiger partial charge >= 0.3 is 0 Å². The van der Waals surface area contributed by atoms with E-state index in [-0.39, 0.29) is 16.5 Å². The molecule has 2 rings (SSSR count). The van der Waals surface area contributed by atoms with Gasteiger partial charge in [-0.1, -0.05) is 12.1 Å². The van der Waals surface area contributed by atoms with E-state index in [9.17, 15) is 13.2 Å². The molecule has 0 bridgehead atoms. The number of benzene rings is 1. The molecule has 0 saturated carbocycles. The highest BCUT2D eigenvalue weighted by molar-refractivity contribution is 7.90. The molecule has 6 nitrogen and oxygen atoms in total. The lowest BCUT2D eigenvalue weighted by atomic mass is 10.2. The summed E-state index contributed by atoms with van der Waals surface area (Å²) < 4.78 is 25.1. The topological polar surface area (TPSA) is 81.1 Å². The summed E-state index contributed by atoms with van der Waals surface area (Å²) in [5.41, 5.74) is 0.160. The van der Waals surface area contributed by atoms with Crippen molar-refractivity contribution in [3.63, 3.8) is 0 Å². The first-order valence-corrected chi connectivity index (χ1v) is 8.34. The van der Waals surface area contributed by atoms with Gasteiger partial charge in [-0.15, -0.1) is 0 Å². The maximum atomic E-state index is 12.2. The first kappa shape index (κ1) is 15.2. The maximum absolute atomic E-state index is 12.2. The lowest BCUT2D eigenvalue weighted by molar-refractivity contribution is 0.0932. The second-order valence-electron chi connectivity index (χ2n) is 4.87. The van der Waals surface area contributed by atoms with Crippen molar-refractivity contribution in [2.24, 2.45) is 0 Å². The van der Waals surface area contributed by atoms with E-state index in [1.54, 1.807) is 35.3 Å². The molecule has 1 amide bonds. The van der Waals surface area contributed by atoms with Crippen molar-refractivity contribution >= 4 is 15.7 Å². The highest BCUT2D eigenvalue weighted by Gasteiger charge is 2.19. The van der Waals surface area contributed by atoms with Crippen molar-refractivity contribution in [1.29, 1.82) is 0 Å². The number of carbonyl (C=O) groups is 1. The Morgan fingerprint density at radius 3 is 2.67 bits per heavy atom. The van der Waals surface area contributed by atoms with E-state index in [2.05, 4.69) is 10.4 Å². The fourth-order valence-electron chi connectivity index (χ4n) is 2.01. The largest absolute Gasteiger partial charge is 0.348 e. The van der Waals surface area contributed by atoms with Crippen molar-refractivity contribution in [2.75, 3.05) is 6.26 Å². The molecular formula is C14H17N3O3S. The smallest absolute Gasteiger partial charge is 0.252 e. The molecule has 1 N–H and O–H groups in total. The van der Waals surface area contributed by atoms with Gasteiger partial charge in [0.2, 0.25) is 0 Å². The van der Waals surface area contributed by atoms with Crippen LogP contribution in [0.4, 0.5) is 0 Å². The minimum Gasteiger partial charge on any atom is -0.348 e. The minimum absolute atomic E-state index is 0.0359. The van der Waals surface area contributed by atoms with Crippen molar-refractivity contribution in [2.45, 2.75) is 24.4 Å². The van der Waals surface area contributed by atoms with Crippen molar-refractivity contribution in [3.05, 3.63) is 48.3 Å². The first-order valence-electron chi connectivity index (χ1n) is 6.45.